The highest BCUT2D eigenvalue weighted by Crippen LogP contribution is 2.29. The standard InChI is InChI=1S/C24H22N4O/c1-17(19-12-14-25-15-13-19)26-27-24(29)16-22-18(2)28(20-8-4-3-5-9-20)23-11-7-6-10-21(22)23/h3-15H,16H2,1-2H3,(H,27,29)/b26-17+. The summed E-state index contributed by atoms with van der Waals surface area (Å²) in [4.78, 5) is 16.7. The first-order valence-corrected chi connectivity index (χ1v) is 9.53. The molecular formula is C24H22N4O. The maximum absolute atomic E-state index is 12.7. The van der Waals surface area contributed by atoms with E-state index in [1.165, 1.54) is 0 Å². The van der Waals surface area contributed by atoms with Gasteiger partial charge in [0.2, 0.25) is 5.91 Å². The Labute approximate surface area is 169 Å². The zero-order chi connectivity index (χ0) is 20.2. The predicted octanol–water partition coefficient (Wildman–Crippen LogP) is 4.42. The first kappa shape index (κ1) is 18.6. The van der Waals surface area contributed by atoms with Crippen molar-refractivity contribution < 1.29 is 4.79 Å². The van der Waals surface area contributed by atoms with Crippen LogP contribution in [0.25, 0.3) is 16.6 Å². The van der Waals surface area contributed by atoms with Crippen LogP contribution in [0.2, 0.25) is 0 Å². The molecule has 4 aromatic rings. The highest BCUT2D eigenvalue weighted by molar-refractivity contribution is 5.99. The Morgan fingerprint density at radius 3 is 2.45 bits per heavy atom. The summed E-state index contributed by atoms with van der Waals surface area (Å²) in [5.41, 5.74) is 8.60. The van der Waals surface area contributed by atoms with Gasteiger partial charge in [0.15, 0.2) is 0 Å². The van der Waals surface area contributed by atoms with Crippen molar-refractivity contribution in [1.29, 1.82) is 0 Å². The minimum absolute atomic E-state index is 0.141. The van der Waals surface area contributed by atoms with Gasteiger partial charge in [-0.15, -0.1) is 0 Å². The summed E-state index contributed by atoms with van der Waals surface area (Å²) in [6.07, 6.45) is 3.68. The van der Waals surface area contributed by atoms with Crippen molar-refractivity contribution in [2.24, 2.45) is 5.10 Å². The number of carbonyl (C=O) groups is 1. The fraction of sp³-hybridized carbons (Fsp3) is 0.125. The molecule has 1 amide bonds. The molecule has 5 heteroatoms. The van der Waals surface area contributed by atoms with Crippen molar-refractivity contribution in [2.75, 3.05) is 0 Å². The zero-order valence-corrected chi connectivity index (χ0v) is 16.5. The smallest absolute Gasteiger partial charge is 0.244 e. The molecule has 1 N–H and O–H groups in total. The van der Waals surface area contributed by atoms with Crippen LogP contribution < -0.4 is 5.43 Å². The molecule has 2 aromatic heterocycles. The van der Waals surface area contributed by atoms with E-state index in [0.717, 1.165) is 39.1 Å². The second-order valence-electron chi connectivity index (χ2n) is 6.90. The molecule has 0 atom stereocenters. The van der Waals surface area contributed by atoms with Crippen molar-refractivity contribution in [3.8, 4) is 5.69 Å². The van der Waals surface area contributed by atoms with Crippen LogP contribution in [0.3, 0.4) is 0 Å². The first-order valence-electron chi connectivity index (χ1n) is 9.53. The Kier molecular flexibility index (Phi) is 5.20. The van der Waals surface area contributed by atoms with E-state index in [2.05, 4.69) is 51.3 Å². The van der Waals surface area contributed by atoms with Gasteiger partial charge in [-0.25, -0.2) is 5.43 Å². The van der Waals surface area contributed by atoms with E-state index >= 15 is 0 Å². The fourth-order valence-electron chi connectivity index (χ4n) is 3.57. The number of pyridine rings is 1. The second-order valence-corrected chi connectivity index (χ2v) is 6.90. The number of nitrogens with one attached hydrogen (secondary N) is 1. The van der Waals surface area contributed by atoms with Gasteiger partial charge >= 0.3 is 0 Å². The highest BCUT2D eigenvalue weighted by Gasteiger charge is 2.17. The Balaban J connectivity index is 1.63. The maximum Gasteiger partial charge on any atom is 0.244 e. The summed E-state index contributed by atoms with van der Waals surface area (Å²) < 4.78 is 2.20. The van der Waals surface area contributed by atoms with Gasteiger partial charge in [-0.05, 0) is 49.7 Å². The van der Waals surface area contributed by atoms with Gasteiger partial charge in [0.25, 0.3) is 0 Å². The fourth-order valence-corrected chi connectivity index (χ4v) is 3.57. The van der Waals surface area contributed by atoms with Gasteiger partial charge in [-0.1, -0.05) is 36.4 Å². The molecule has 0 fully saturated rings. The molecule has 0 bridgehead atoms. The van der Waals surface area contributed by atoms with E-state index in [9.17, 15) is 4.79 Å². The van der Waals surface area contributed by atoms with E-state index in [-0.39, 0.29) is 12.3 Å². The minimum Gasteiger partial charge on any atom is -0.314 e. The van der Waals surface area contributed by atoms with Gasteiger partial charge < -0.3 is 4.57 Å². The molecule has 0 spiro atoms. The van der Waals surface area contributed by atoms with Crippen molar-refractivity contribution in [3.05, 3.63) is 95.9 Å². The molecule has 4 rings (SSSR count). The van der Waals surface area contributed by atoms with Crippen molar-refractivity contribution in [2.45, 2.75) is 20.3 Å². The maximum atomic E-state index is 12.7. The number of fused-ring (bicyclic) bond motifs is 1. The zero-order valence-electron chi connectivity index (χ0n) is 16.5. The predicted molar refractivity (Wildman–Crippen MR) is 116 cm³/mol. The SMILES string of the molecule is C/C(=N\NC(=O)Cc1c(C)n(-c2ccccc2)c2ccccc12)c1ccncc1. The highest BCUT2D eigenvalue weighted by atomic mass is 16.2. The molecule has 0 saturated carbocycles. The average Bonchev–Trinajstić information content (AvgIpc) is 3.04. The molecule has 2 aromatic carbocycles. The van der Waals surface area contributed by atoms with Gasteiger partial charge in [-0.2, -0.15) is 5.10 Å². The number of hydrazone groups is 1. The lowest BCUT2D eigenvalue weighted by molar-refractivity contribution is -0.120. The molecule has 144 valence electrons. The lowest BCUT2D eigenvalue weighted by Gasteiger charge is -2.08. The lowest BCUT2D eigenvalue weighted by atomic mass is 10.1. The van der Waals surface area contributed by atoms with Gasteiger partial charge in [-0.3, -0.25) is 9.78 Å². The number of rotatable bonds is 5. The number of carbonyl (C=O) groups excluding carboxylic acids is 1. The lowest BCUT2D eigenvalue weighted by Crippen LogP contribution is -2.21. The van der Waals surface area contributed by atoms with Crippen LogP contribution in [-0.4, -0.2) is 21.2 Å². The quantitative estimate of drug-likeness (QED) is 0.410. The topological polar surface area (TPSA) is 59.3 Å². The summed E-state index contributed by atoms with van der Waals surface area (Å²) in [6, 6.07) is 22.1. The van der Waals surface area contributed by atoms with Crippen LogP contribution >= 0.6 is 0 Å². The number of hydrogen-bond acceptors (Lipinski definition) is 3. The van der Waals surface area contributed by atoms with E-state index in [0.29, 0.717) is 0 Å². The van der Waals surface area contributed by atoms with E-state index < -0.39 is 0 Å². The molecule has 0 aliphatic rings. The van der Waals surface area contributed by atoms with Crippen LogP contribution in [0.15, 0.2) is 84.2 Å². The normalized spacial score (nSPS) is 11.6. The summed E-state index contributed by atoms with van der Waals surface area (Å²) in [7, 11) is 0. The number of nitrogens with zero attached hydrogens (tertiary/aromatic N) is 3. The molecule has 5 nitrogen and oxygen atoms in total. The van der Waals surface area contributed by atoms with E-state index in [4.69, 9.17) is 0 Å². The summed E-state index contributed by atoms with van der Waals surface area (Å²) in [6.45, 7) is 3.92. The molecule has 29 heavy (non-hydrogen) atoms. The third-order valence-corrected chi connectivity index (χ3v) is 5.04. The monoisotopic (exact) mass is 382 g/mol. The largest absolute Gasteiger partial charge is 0.314 e. The third-order valence-electron chi connectivity index (χ3n) is 5.04. The number of benzene rings is 2. The molecule has 0 saturated heterocycles. The molecule has 0 radical (unpaired) electrons. The molecule has 2 heterocycles. The van der Waals surface area contributed by atoms with Crippen molar-refractivity contribution in [1.82, 2.24) is 15.0 Å². The second kappa shape index (κ2) is 8.10. The first-order chi connectivity index (χ1) is 14.1. The van der Waals surface area contributed by atoms with Crippen LogP contribution in [-0.2, 0) is 11.2 Å². The molecule has 0 aliphatic carbocycles. The van der Waals surface area contributed by atoms with E-state index in [1.54, 1.807) is 12.4 Å². The van der Waals surface area contributed by atoms with Gasteiger partial charge in [0, 0.05) is 34.7 Å². The van der Waals surface area contributed by atoms with Crippen LogP contribution in [0.1, 0.15) is 23.7 Å². The van der Waals surface area contributed by atoms with E-state index in [1.807, 2.05) is 49.4 Å². The van der Waals surface area contributed by atoms with Gasteiger partial charge in [0.1, 0.15) is 0 Å². The number of amides is 1. The molecule has 0 aliphatic heterocycles. The van der Waals surface area contributed by atoms with Crippen molar-refractivity contribution in [3.63, 3.8) is 0 Å². The van der Waals surface area contributed by atoms with Crippen LogP contribution in [0, 0.1) is 6.92 Å². The summed E-state index contributed by atoms with van der Waals surface area (Å²) >= 11 is 0. The number of aromatic nitrogens is 2. The summed E-state index contributed by atoms with van der Waals surface area (Å²) in [5.74, 6) is -0.141. The Hall–Kier alpha value is -3.73. The van der Waals surface area contributed by atoms with Crippen molar-refractivity contribution >= 4 is 22.5 Å². The van der Waals surface area contributed by atoms with Crippen LogP contribution in [0.5, 0.6) is 0 Å². The minimum atomic E-state index is -0.141. The number of hydrogen-bond donors (Lipinski definition) is 1. The Morgan fingerprint density at radius 2 is 1.69 bits per heavy atom. The molecular weight excluding hydrogens is 360 g/mol. The number of para-hydroxylation sites is 2. The van der Waals surface area contributed by atoms with Crippen LogP contribution in [0.4, 0.5) is 0 Å². The summed E-state index contributed by atoms with van der Waals surface area (Å²) in [5, 5.41) is 5.33. The van der Waals surface area contributed by atoms with Gasteiger partial charge in [0.05, 0.1) is 17.6 Å². The Bertz CT molecular complexity index is 1180. The Morgan fingerprint density at radius 1 is 1.00 bits per heavy atom. The average molecular weight is 382 g/mol. The molecule has 0 unspecified atom stereocenters. The third kappa shape index (κ3) is 3.80.